The van der Waals surface area contributed by atoms with Gasteiger partial charge in [0.05, 0.1) is 7.11 Å². The first-order valence-corrected chi connectivity index (χ1v) is 5.72. The highest BCUT2D eigenvalue weighted by Gasteiger charge is 2.23. The number of carbonyl (C=O) groups excluding carboxylic acids is 2. The van der Waals surface area contributed by atoms with Gasteiger partial charge in [-0.15, -0.1) is 0 Å². The zero-order valence-corrected chi connectivity index (χ0v) is 10.5. The molecule has 0 aromatic heterocycles. The van der Waals surface area contributed by atoms with Gasteiger partial charge >= 0.3 is 5.97 Å². The first-order chi connectivity index (χ1) is 8.06. The summed E-state index contributed by atoms with van der Waals surface area (Å²) >= 11 is 0. The Bertz CT molecular complexity index is 384. The number of carbonyl (C=O) groups is 2. The maximum atomic E-state index is 12.1. The zero-order valence-electron chi connectivity index (χ0n) is 10.5. The molecule has 0 bridgehead atoms. The molecule has 1 aromatic carbocycles. The Morgan fingerprint density at radius 3 is 2.29 bits per heavy atom. The summed E-state index contributed by atoms with van der Waals surface area (Å²) in [5, 5.41) is 0. The van der Waals surface area contributed by atoms with Crippen molar-refractivity contribution < 1.29 is 14.3 Å². The van der Waals surface area contributed by atoms with E-state index >= 15 is 0 Å². The van der Waals surface area contributed by atoms with Crippen LogP contribution in [-0.2, 0) is 9.53 Å². The molecule has 2 atom stereocenters. The molecule has 0 amide bonds. The Labute approximate surface area is 102 Å². The molecule has 0 radical (unpaired) electrons. The fraction of sp³-hybridized carbons (Fsp3) is 0.429. The lowest BCUT2D eigenvalue weighted by atomic mass is 9.86. The summed E-state index contributed by atoms with van der Waals surface area (Å²) in [6.45, 7) is 3.74. The normalized spacial score (nSPS) is 13.8. The van der Waals surface area contributed by atoms with Crippen LogP contribution in [0.15, 0.2) is 30.3 Å². The van der Waals surface area contributed by atoms with Crippen LogP contribution < -0.4 is 0 Å². The van der Waals surface area contributed by atoms with Gasteiger partial charge in [0.15, 0.2) is 5.78 Å². The highest BCUT2D eigenvalue weighted by atomic mass is 16.5. The highest BCUT2D eigenvalue weighted by Crippen LogP contribution is 2.20. The van der Waals surface area contributed by atoms with E-state index in [1.54, 1.807) is 12.1 Å². The van der Waals surface area contributed by atoms with Gasteiger partial charge in [-0.25, -0.2) is 0 Å². The molecule has 0 aliphatic carbocycles. The quantitative estimate of drug-likeness (QED) is 0.581. The summed E-state index contributed by atoms with van der Waals surface area (Å²) in [7, 11) is 1.36. The number of benzene rings is 1. The Morgan fingerprint density at radius 2 is 1.76 bits per heavy atom. The van der Waals surface area contributed by atoms with Crippen molar-refractivity contribution in [1.29, 1.82) is 0 Å². The Balaban J connectivity index is 2.67. The second-order valence-corrected chi connectivity index (χ2v) is 4.28. The fourth-order valence-corrected chi connectivity index (χ4v) is 1.65. The van der Waals surface area contributed by atoms with Crippen molar-refractivity contribution in [3.8, 4) is 0 Å². The molecule has 0 unspecified atom stereocenters. The largest absolute Gasteiger partial charge is 0.469 e. The minimum atomic E-state index is -0.273. The molecule has 17 heavy (non-hydrogen) atoms. The standard InChI is InChI=1S/C14H18O3/c1-10(9-13(15)17-3)11(2)14(16)12-7-5-4-6-8-12/h4-8,10-11H,9H2,1-3H3/t10-,11-/m1/s1. The smallest absolute Gasteiger partial charge is 0.305 e. The summed E-state index contributed by atoms with van der Waals surface area (Å²) in [5.74, 6) is -0.404. The van der Waals surface area contributed by atoms with Gasteiger partial charge in [0.1, 0.15) is 0 Å². The van der Waals surface area contributed by atoms with Crippen LogP contribution in [-0.4, -0.2) is 18.9 Å². The van der Waals surface area contributed by atoms with Crippen LogP contribution in [0.4, 0.5) is 0 Å². The van der Waals surface area contributed by atoms with Gasteiger partial charge in [-0.1, -0.05) is 44.2 Å². The Morgan fingerprint density at radius 1 is 1.18 bits per heavy atom. The zero-order chi connectivity index (χ0) is 12.8. The number of Topliss-reactive ketones (excluding diaryl/α,β-unsaturated/α-hetero) is 1. The van der Waals surface area contributed by atoms with Crippen molar-refractivity contribution in [2.45, 2.75) is 20.3 Å². The van der Waals surface area contributed by atoms with E-state index in [2.05, 4.69) is 4.74 Å². The van der Waals surface area contributed by atoms with Crippen LogP contribution in [0, 0.1) is 11.8 Å². The van der Waals surface area contributed by atoms with E-state index in [0.717, 1.165) is 0 Å². The first-order valence-electron chi connectivity index (χ1n) is 5.72. The van der Waals surface area contributed by atoms with Crippen LogP contribution in [0.3, 0.4) is 0 Å². The third-order valence-electron chi connectivity index (χ3n) is 3.04. The summed E-state index contributed by atoms with van der Waals surface area (Å²) < 4.78 is 4.61. The maximum Gasteiger partial charge on any atom is 0.305 e. The second-order valence-electron chi connectivity index (χ2n) is 4.28. The van der Waals surface area contributed by atoms with E-state index in [0.29, 0.717) is 5.56 Å². The number of esters is 1. The summed E-state index contributed by atoms with van der Waals surface area (Å²) in [5.41, 5.74) is 0.691. The molecule has 0 aliphatic heterocycles. The van der Waals surface area contributed by atoms with Crippen molar-refractivity contribution in [3.63, 3.8) is 0 Å². The first kappa shape index (κ1) is 13.4. The van der Waals surface area contributed by atoms with Crippen LogP contribution in [0.1, 0.15) is 30.6 Å². The van der Waals surface area contributed by atoms with E-state index in [9.17, 15) is 9.59 Å². The molecule has 0 saturated heterocycles. The van der Waals surface area contributed by atoms with Crippen molar-refractivity contribution in [2.75, 3.05) is 7.11 Å². The lowest BCUT2D eigenvalue weighted by Gasteiger charge is -2.17. The number of hydrogen-bond donors (Lipinski definition) is 0. The summed E-state index contributed by atoms with van der Waals surface area (Å²) in [6.07, 6.45) is 0.274. The van der Waals surface area contributed by atoms with Gasteiger partial charge in [0, 0.05) is 17.9 Å². The lowest BCUT2D eigenvalue weighted by Crippen LogP contribution is -2.22. The third-order valence-corrected chi connectivity index (χ3v) is 3.04. The van der Waals surface area contributed by atoms with E-state index in [-0.39, 0.29) is 30.0 Å². The van der Waals surface area contributed by atoms with E-state index in [4.69, 9.17) is 0 Å². The van der Waals surface area contributed by atoms with Gasteiger partial charge in [-0.05, 0) is 5.92 Å². The van der Waals surface area contributed by atoms with Gasteiger partial charge in [-0.2, -0.15) is 0 Å². The number of hydrogen-bond acceptors (Lipinski definition) is 3. The van der Waals surface area contributed by atoms with Crippen molar-refractivity contribution >= 4 is 11.8 Å². The molecule has 1 rings (SSSR count). The maximum absolute atomic E-state index is 12.1. The molecule has 3 heteroatoms. The molecule has 3 nitrogen and oxygen atoms in total. The molecule has 0 aliphatic rings. The van der Waals surface area contributed by atoms with Crippen molar-refractivity contribution in [2.24, 2.45) is 11.8 Å². The molecule has 92 valence electrons. The molecule has 0 N–H and O–H groups in total. The summed E-state index contributed by atoms with van der Waals surface area (Å²) in [6, 6.07) is 9.14. The number of rotatable bonds is 5. The SMILES string of the molecule is COC(=O)C[C@@H](C)[C@@H](C)C(=O)c1ccccc1. The minimum absolute atomic E-state index is 0.0184. The van der Waals surface area contributed by atoms with Gasteiger partial charge in [0.2, 0.25) is 0 Å². The van der Waals surface area contributed by atoms with E-state index in [1.807, 2.05) is 32.0 Å². The monoisotopic (exact) mass is 234 g/mol. The van der Waals surface area contributed by atoms with E-state index < -0.39 is 0 Å². The number of ether oxygens (including phenoxy) is 1. The molecule has 0 fully saturated rings. The highest BCUT2D eigenvalue weighted by molar-refractivity contribution is 5.97. The van der Waals surface area contributed by atoms with Crippen LogP contribution in [0.2, 0.25) is 0 Å². The topological polar surface area (TPSA) is 43.4 Å². The van der Waals surface area contributed by atoms with Crippen LogP contribution in [0.5, 0.6) is 0 Å². The van der Waals surface area contributed by atoms with Crippen molar-refractivity contribution in [1.82, 2.24) is 0 Å². The fourth-order valence-electron chi connectivity index (χ4n) is 1.65. The Kier molecular flexibility index (Phi) is 4.88. The average molecular weight is 234 g/mol. The second kappa shape index (κ2) is 6.18. The summed E-state index contributed by atoms with van der Waals surface area (Å²) in [4.78, 5) is 23.3. The molecule has 1 aromatic rings. The van der Waals surface area contributed by atoms with Crippen LogP contribution in [0.25, 0.3) is 0 Å². The number of ketones is 1. The molecule has 0 saturated carbocycles. The average Bonchev–Trinajstić information content (AvgIpc) is 2.37. The predicted molar refractivity (Wildman–Crippen MR) is 65.7 cm³/mol. The Hall–Kier alpha value is -1.64. The van der Waals surface area contributed by atoms with Crippen LogP contribution >= 0.6 is 0 Å². The van der Waals surface area contributed by atoms with Gasteiger partial charge < -0.3 is 4.74 Å². The molecule has 0 spiro atoms. The van der Waals surface area contributed by atoms with Gasteiger partial charge in [-0.3, -0.25) is 9.59 Å². The van der Waals surface area contributed by atoms with Crippen molar-refractivity contribution in [3.05, 3.63) is 35.9 Å². The molecular formula is C14H18O3. The lowest BCUT2D eigenvalue weighted by molar-refractivity contribution is -0.141. The van der Waals surface area contributed by atoms with E-state index in [1.165, 1.54) is 7.11 Å². The predicted octanol–water partition coefficient (Wildman–Crippen LogP) is 2.70. The number of methoxy groups -OCH3 is 1. The third kappa shape index (κ3) is 3.70. The minimum Gasteiger partial charge on any atom is -0.469 e. The molecule has 0 heterocycles. The van der Waals surface area contributed by atoms with Gasteiger partial charge in [0.25, 0.3) is 0 Å². The molecular weight excluding hydrogens is 216 g/mol.